The minimum atomic E-state index is 0.100. The van der Waals surface area contributed by atoms with Crippen molar-refractivity contribution >= 4 is 0 Å². The number of likely N-dealkylation sites (N-methyl/N-ethyl adjacent to an activating group) is 1. The summed E-state index contributed by atoms with van der Waals surface area (Å²) in [5.41, 5.74) is 1.21. The fourth-order valence-corrected chi connectivity index (χ4v) is 1.24. The fourth-order valence-electron chi connectivity index (χ4n) is 1.24. The van der Waals surface area contributed by atoms with Crippen molar-refractivity contribution in [2.75, 3.05) is 14.2 Å². The smallest absolute Gasteiger partial charge is 0.118 e. The quantitative estimate of drug-likeness (QED) is 0.724. The first-order valence-electron chi connectivity index (χ1n) is 4.56. The second-order valence-electron chi connectivity index (χ2n) is 3.06. The molecule has 74 valence electrons. The summed E-state index contributed by atoms with van der Waals surface area (Å²) in [6.45, 7) is 0. The van der Waals surface area contributed by atoms with Crippen LogP contribution in [0, 0.1) is 12.3 Å². The third-order valence-corrected chi connectivity index (χ3v) is 2.15. The van der Waals surface area contributed by atoms with Crippen LogP contribution in [0.4, 0.5) is 0 Å². The Morgan fingerprint density at radius 3 is 2.50 bits per heavy atom. The minimum absolute atomic E-state index is 0.100. The van der Waals surface area contributed by atoms with Gasteiger partial charge in [-0.25, -0.2) is 0 Å². The van der Waals surface area contributed by atoms with E-state index in [0.29, 0.717) is 0 Å². The van der Waals surface area contributed by atoms with Gasteiger partial charge in [0, 0.05) is 0 Å². The number of hydrogen-bond donors (Lipinski definition) is 1. The van der Waals surface area contributed by atoms with Gasteiger partial charge >= 0.3 is 0 Å². The van der Waals surface area contributed by atoms with Crippen LogP contribution in [0.1, 0.15) is 5.56 Å². The lowest BCUT2D eigenvalue weighted by Gasteiger charge is -2.09. The summed E-state index contributed by atoms with van der Waals surface area (Å²) in [6, 6.07) is 8.04. The molecule has 1 rings (SSSR count). The van der Waals surface area contributed by atoms with E-state index < -0.39 is 0 Å². The normalized spacial score (nSPS) is 11.8. The van der Waals surface area contributed by atoms with Crippen LogP contribution < -0.4 is 10.1 Å². The van der Waals surface area contributed by atoms with Crippen molar-refractivity contribution in [3.63, 3.8) is 0 Å². The molecule has 0 radical (unpaired) electrons. The molecule has 0 saturated carbocycles. The molecule has 0 aliphatic heterocycles. The molecule has 2 nitrogen and oxygen atoms in total. The second kappa shape index (κ2) is 5.31. The summed E-state index contributed by atoms with van der Waals surface area (Å²) in [7, 11) is 3.53. The Balaban J connectivity index is 2.64. The van der Waals surface area contributed by atoms with E-state index in [0.717, 1.165) is 12.2 Å². The molecule has 0 aliphatic rings. The van der Waals surface area contributed by atoms with Crippen molar-refractivity contribution < 1.29 is 4.74 Å². The first-order chi connectivity index (χ1) is 6.80. The van der Waals surface area contributed by atoms with Gasteiger partial charge in [-0.15, -0.1) is 6.42 Å². The maximum Gasteiger partial charge on any atom is 0.118 e. The van der Waals surface area contributed by atoms with Crippen molar-refractivity contribution in [2.24, 2.45) is 0 Å². The zero-order valence-corrected chi connectivity index (χ0v) is 8.58. The zero-order chi connectivity index (χ0) is 10.4. The molecule has 0 amide bonds. The first-order valence-corrected chi connectivity index (χ1v) is 4.56. The molecule has 0 aromatic heterocycles. The molecule has 0 aliphatic carbocycles. The van der Waals surface area contributed by atoms with Crippen LogP contribution in [-0.4, -0.2) is 20.2 Å². The standard InChI is InChI=1S/C12H15NO/c1-4-11(13-2)9-10-5-7-12(14-3)8-6-10/h1,5-8,11,13H,9H2,2-3H3. The summed E-state index contributed by atoms with van der Waals surface area (Å²) in [5.74, 6) is 3.56. The van der Waals surface area contributed by atoms with Gasteiger partial charge in [-0.3, -0.25) is 0 Å². The van der Waals surface area contributed by atoms with Crippen molar-refractivity contribution in [2.45, 2.75) is 12.5 Å². The summed E-state index contributed by atoms with van der Waals surface area (Å²) >= 11 is 0. The average molecular weight is 189 g/mol. The lowest BCUT2D eigenvalue weighted by Crippen LogP contribution is -2.25. The van der Waals surface area contributed by atoms with Crippen molar-refractivity contribution in [1.82, 2.24) is 5.32 Å². The number of benzene rings is 1. The Morgan fingerprint density at radius 1 is 1.43 bits per heavy atom. The molecule has 2 heteroatoms. The fraction of sp³-hybridized carbons (Fsp3) is 0.333. The van der Waals surface area contributed by atoms with E-state index in [4.69, 9.17) is 11.2 Å². The van der Waals surface area contributed by atoms with Crippen LogP contribution >= 0.6 is 0 Å². The molecule has 1 unspecified atom stereocenters. The van der Waals surface area contributed by atoms with Gasteiger partial charge in [0.1, 0.15) is 5.75 Å². The van der Waals surface area contributed by atoms with Crippen molar-refractivity contribution in [1.29, 1.82) is 0 Å². The van der Waals surface area contributed by atoms with E-state index in [1.165, 1.54) is 5.56 Å². The number of nitrogens with one attached hydrogen (secondary N) is 1. The third kappa shape index (κ3) is 2.79. The lowest BCUT2D eigenvalue weighted by atomic mass is 10.1. The van der Waals surface area contributed by atoms with Crippen molar-refractivity contribution in [3.05, 3.63) is 29.8 Å². The number of terminal acetylenes is 1. The van der Waals surface area contributed by atoms with Gasteiger partial charge in [0.05, 0.1) is 13.2 Å². The zero-order valence-electron chi connectivity index (χ0n) is 8.58. The Morgan fingerprint density at radius 2 is 2.07 bits per heavy atom. The van der Waals surface area contributed by atoms with Crippen molar-refractivity contribution in [3.8, 4) is 18.1 Å². The summed E-state index contributed by atoms with van der Waals surface area (Å²) < 4.78 is 5.07. The van der Waals surface area contributed by atoms with Crippen LogP contribution in [0.3, 0.4) is 0 Å². The average Bonchev–Trinajstić information content (AvgIpc) is 2.26. The molecule has 0 spiro atoms. The molecule has 0 fully saturated rings. The van der Waals surface area contributed by atoms with E-state index in [-0.39, 0.29) is 6.04 Å². The molecule has 0 bridgehead atoms. The summed E-state index contributed by atoms with van der Waals surface area (Å²) in [5, 5.41) is 3.06. The first kappa shape index (κ1) is 10.6. The highest BCUT2D eigenvalue weighted by Gasteiger charge is 2.02. The Hall–Kier alpha value is -1.46. The Labute approximate surface area is 85.3 Å². The van der Waals surface area contributed by atoms with E-state index in [9.17, 15) is 0 Å². The maximum atomic E-state index is 5.35. The third-order valence-electron chi connectivity index (χ3n) is 2.15. The lowest BCUT2D eigenvalue weighted by molar-refractivity contribution is 0.414. The number of ether oxygens (including phenoxy) is 1. The Bertz CT molecular complexity index is 310. The van der Waals surface area contributed by atoms with Gasteiger partial charge in [-0.05, 0) is 31.2 Å². The van der Waals surface area contributed by atoms with Crippen LogP contribution in [0.2, 0.25) is 0 Å². The van der Waals surface area contributed by atoms with Crippen LogP contribution in [0.25, 0.3) is 0 Å². The highest BCUT2D eigenvalue weighted by Crippen LogP contribution is 2.12. The number of rotatable bonds is 4. The monoisotopic (exact) mass is 189 g/mol. The molecule has 1 aromatic carbocycles. The number of hydrogen-bond acceptors (Lipinski definition) is 2. The largest absolute Gasteiger partial charge is 0.497 e. The molecule has 0 heterocycles. The second-order valence-corrected chi connectivity index (χ2v) is 3.06. The summed E-state index contributed by atoms with van der Waals surface area (Å²) in [6.07, 6.45) is 6.19. The molecule has 0 saturated heterocycles. The minimum Gasteiger partial charge on any atom is -0.497 e. The highest BCUT2D eigenvalue weighted by atomic mass is 16.5. The van der Waals surface area contributed by atoms with Crippen LogP contribution in [-0.2, 0) is 6.42 Å². The van der Waals surface area contributed by atoms with Gasteiger partial charge in [0.25, 0.3) is 0 Å². The van der Waals surface area contributed by atoms with Gasteiger partial charge < -0.3 is 10.1 Å². The van der Waals surface area contributed by atoms with E-state index in [2.05, 4.69) is 11.2 Å². The predicted molar refractivity (Wildman–Crippen MR) is 58.4 cm³/mol. The van der Waals surface area contributed by atoms with Gasteiger partial charge in [0.2, 0.25) is 0 Å². The molecular formula is C12H15NO. The van der Waals surface area contributed by atoms with Crippen LogP contribution in [0.5, 0.6) is 5.75 Å². The topological polar surface area (TPSA) is 21.3 Å². The van der Waals surface area contributed by atoms with E-state index in [1.807, 2.05) is 31.3 Å². The number of methoxy groups -OCH3 is 1. The molecule has 1 N–H and O–H groups in total. The Kier molecular flexibility index (Phi) is 4.03. The van der Waals surface area contributed by atoms with Gasteiger partial charge in [-0.1, -0.05) is 18.1 Å². The summed E-state index contributed by atoms with van der Waals surface area (Å²) in [4.78, 5) is 0. The predicted octanol–water partition coefficient (Wildman–Crippen LogP) is 1.46. The highest BCUT2D eigenvalue weighted by molar-refractivity contribution is 5.28. The van der Waals surface area contributed by atoms with E-state index in [1.54, 1.807) is 7.11 Å². The van der Waals surface area contributed by atoms with Gasteiger partial charge in [-0.2, -0.15) is 0 Å². The molecule has 1 atom stereocenters. The molecule has 1 aromatic rings. The molecule has 14 heavy (non-hydrogen) atoms. The molecular weight excluding hydrogens is 174 g/mol. The SMILES string of the molecule is C#CC(Cc1ccc(OC)cc1)NC. The van der Waals surface area contributed by atoms with Gasteiger partial charge in [0.15, 0.2) is 0 Å². The van der Waals surface area contributed by atoms with Crippen LogP contribution in [0.15, 0.2) is 24.3 Å². The van der Waals surface area contributed by atoms with E-state index >= 15 is 0 Å². The maximum absolute atomic E-state index is 5.35.